The Labute approximate surface area is 272 Å². The lowest BCUT2D eigenvalue weighted by molar-refractivity contribution is -0.873. The van der Waals surface area contributed by atoms with Gasteiger partial charge in [-0.3, -0.25) is 19.2 Å². The van der Waals surface area contributed by atoms with E-state index in [0.717, 1.165) is 24.2 Å². The minimum atomic E-state index is -0.558. The molecule has 2 aromatic rings. The predicted molar refractivity (Wildman–Crippen MR) is 176 cm³/mol. The standard InChI is InChI=1S/C35H49N5O6/c1-9-16-38(24-10-13-26(14-11-24)46-32(43)18-27(45-23(3)41)21-40(6,7)8)29-17-25(12-15-28(29)34(36)44)39-30-19-35(4,5)20-31(42)33(30)22(2)37-39/h9,12,15,17,24,26-27H,1,10-11,13-14,16,18-21H2,2-8H3,(H-,36,44)/p+1/t24-,26-,27?. The van der Waals surface area contributed by atoms with E-state index in [2.05, 4.69) is 25.3 Å². The molecule has 2 aliphatic carbocycles. The van der Waals surface area contributed by atoms with Gasteiger partial charge in [0.25, 0.3) is 5.91 Å². The van der Waals surface area contributed by atoms with E-state index >= 15 is 0 Å². The highest BCUT2D eigenvalue weighted by atomic mass is 16.6. The van der Waals surface area contributed by atoms with Crippen LogP contribution < -0.4 is 10.6 Å². The Bertz CT molecular complexity index is 1500. The van der Waals surface area contributed by atoms with Crippen molar-refractivity contribution in [1.29, 1.82) is 0 Å². The molecular formula is C35H50N5O6+. The number of carbonyl (C=O) groups excluding carboxylic acids is 4. The van der Waals surface area contributed by atoms with Gasteiger partial charge in [-0.2, -0.15) is 5.10 Å². The fourth-order valence-corrected chi connectivity index (χ4v) is 6.92. The lowest BCUT2D eigenvalue weighted by Gasteiger charge is -2.38. The molecule has 46 heavy (non-hydrogen) atoms. The van der Waals surface area contributed by atoms with Crippen LogP contribution in [0.15, 0.2) is 30.9 Å². The molecule has 1 aromatic carbocycles. The Morgan fingerprint density at radius 3 is 2.43 bits per heavy atom. The summed E-state index contributed by atoms with van der Waals surface area (Å²) in [7, 11) is 5.93. The summed E-state index contributed by atoms with van der Waals surface area (Å²) in [6, 6.07) is 5.53. The minimum Gasteiger partial charge on any atom is -0.462 e. The summed E-state index contributed by atoms with van der Waals surface area (Å²) in [6.07, 6.45) is 4.91. The maximum Gasteiger partial charge on any atom is 0.310 e. The van der Waals surface area contributed by atoms with Gasteiger partial charge in [-0.1, -0.05) is 19.9 Å². The molecule has 0 spiro atoms. The topological polar surface area (TPSA) is 134 Å². The normalized spacial score (nSPS) is 19.9. The number of amides is 1. The molecule has 2 aliphatic rings. The second-order valence-corrected chi connectivity index (χ2v) is 14.6. The third kappa shape index (κ3) is 8.43. The number of benzene rings is 1. The molecule has 1 aromatic heterocycles. The van der Waals surface area contributed by atoms with Crippen LogP contribution in [0.4, 0.5) is 5.69 Å². The number of primary amides is 1. The van der Waals surface area contributed by atoms with Gasteiger partial charge in [0, 0.05) is 25.9 Å². The summed E-state index contributed by atoms with van der Waals surface area (Å²) in [5.74, 6) is -1.24. The van der Waals surface area contributed by atoms with Gasteiger partial charge in [0.2, 0.25) is 0 Å². The number of fused-ring (bicyclic) bond motifs is 1. The molecule has 1 fully saturated rings. The van der Waals surface area contributed by atoms with Crippen molar-refractivity contribution in [2.45, 2.75) is 90.9 Å². The molecule has 1 amide bonds. The number of aryl methyl sites for hydroxylation is 1. The van der Waals surface area contributed by atoms with E-state index in [4.69, 9.17) is 20.3 Å². The van der Waals surface area contributed by atoms with Crippen LogP contribution >= 0.6 is 0 Å². The van der Waals surface area contributed by atoms with Crippen LogP contribution in [0.5, 0.6) is 0 Å². The van der Waals surface area contributed by atoms with E-state index in [9.17, 15) is 19.2 Å². The van der Waals surface area contributed by atoms with E-state index in [1.165, 1.54) is 6.92 Å². The van der Waals surface area contributed by atoms with Crippen LogP contribution in [0.1, 0.15) is 91.4 Å². The quantitative estimate of drug-likeness (QED) is 0.207. The molecule has 0 saturated heterocycles. The SMILES string of the molecule is C=CCN(c1cc(-n2nc(C)c3c2CC(C)(C)CC3=O)ccc1C(N)=O)[C@H]1CC[C@H](OC(=O)CC(C[N+](C)(C)C)OC(C)=O)CC1. The highest BCUT2D eigenvalue weighted by Crippen LogP contribution is 2.38. The number of anilines is 1. The van der Waals surface area contributed by atoms with Gasteiger partial charge >= 0.3 is 11.9 Å². The first-order valence-electron chi connectivity index (χ1n) is 16.1. The molecule has 250 valence electrons. The van der Waals surface area contributed by atoms with E-state index in [1.807, 2.05) is 44.9 Å². The Kier molecular flexibility index (Phi) is 10.5. The van der Waals surface area contributed by atoms with Crippen molar-refractivity contribution in [3.05, 3.63) is 53.4 Å². The molecule has 11 heteroatoms. The van der Waals surface area contributed by atoms with Crippen LogP contribution in [0.2, 0.25) is 0 Å². The fourth-order valence-electron chi connectivity index (χ4n) is 6.92. The summed E-state index contributed by atoms with van der Waals surface area (Å²) < 4.78 is 13.6. The van der Waals surface area contributed by atoms with Crippen molar-refractivity contribution in [3.8, 4) is 5.69 Å². The number of likely N-dealkylation sites (N-methyl/N-ethyl adjacent to an activating group) is 1. The third-order valence-electron chi connectivity index (χ3n) is 8.71. The monoisotopic (exact) mass is 636 g/mol. The van der Waals surface area contributed by atoms with Gasteiger partial charge in [-0.25, -0.2) is 4.68 Å². The van der Waals surface area contributed by atoms with E-state index in [1.54, 1.807) is 12.1 Å². The number of hydrogen-bond donors (Lipinski definition) is 1. The fraction of sp³-hybridized carbons (Fsp3) is 0.571. The maximum atomic E-state index is 13.0. The summed E-state index contributed by atoms with van der Waals surface area (Å²) in [5.41, 5.74) is 9.77. The Morgan fingerprint density at radius 2 is 1.85 bits per heavy atom. The van der Waals surface area contributed by atoms with Crippen molar-refractivity contribution in [1.82, 2.24) is 9.78 Å². The molecule has 11 nitrogen and oxygen atoms in total. The maximum absolute atomic E-state index is 13.0. The number of rotatable bonds is 12. The van der Waals surface area contributed by atoms with Gasteiger partial charge in [-0.15, -0.1) is 6.58 Å². The van der Waals surface area contributed by atoms with Crippen molar-refractivity contribution >= 4 is 29.3 Å². The van der Waals surface area contributed by atoms with Crippen molar-refractivity contribution in [2.75, 3.05) is 39.1 Å². The second kappa shape index (κ2) is 13.8. The largest absolute Gasteiger partial charge is 0.462 e. The minimum absolute atomic E-state index is 0.00572. The summed E-state index contributed by atoms with van der Waals surface area (Å²) >= 11 is 0. The number of carbonyl (C=O) groups is 4. The molecule has 2 N–H and O–H groups in total. The highest BCUT2D eigenvalue weighted by Gasteiger charge is 2.36. The molecule has 1 unspecified atom stereocenters. The zero-order chi connectivity index (χ0) is 34.0. The zero-order valence-corrected chi connectivity index (χ0v) is 28.4. The first-order valence-corrected chi connectivity index (χ1v) is 16.1. The van der Waals surface area contributed by atoms with Crippen molar-refractivity contribution in [3.63, 3.8) is 0 Å². The van der Waals surface area contributed by atoms with Crippen molar-refractivity contribution < 1.29 is 33.1 Å². The molecule has 0 radical (unpaired) electrons. The van der Waals surface area contributed by atoms with Crippen LogP contribution in [-0.2, 0) is 25.5 Å². The molecule has 4 rings (SSSR count). The number of ketones is 1. The molecular weight excluding hydrogens is 586 g/mol. The second-order valence-electron chi connectivity index (χ2n) is 14.6. The van der Waals surface area contributed by atoms with Crippen LogP contribution in [0, 0.1) is 12.3 Å². The summed E-state index contributed by atoms with van der Waals surface area (Å²) in [5, 5.41) is 4.77. The van der Waals surface area contributed by atoms with Crippen molar-refractivity contribution in [2.24, 2.45) is 11.1 Å². The van der Waals surface area contributed by atoms with Gasteiger partial charge in [-0.05, 0) is 62.6 Å². The number of ether oxygens (including phenoxy) is 2. The summed E-state index contributed by atoms with van der Waals surface area (Å²) in [4.78, 5) is 52.3. The number of esters is 2. The Morgan fingerprint density at radius 1 is 1.17 bits per heavy atom. The lowest BCUT2D eigenvalue weighted by Crippen LogP contribution is -2.44. The summed E-state index contributed by atoms with van der Waals surface area (Å²) in [6.45, 7) is 12.3. The smallest absolute Gasteiger partial charge is 0.310 e. The molecule has 1 saturated carbocycles. The van der Waals surface area contributed by atoms with Crippen LogP contribution in [-0.4, -0.2) is 90.4 Å². The Hall–Kier alpha value is -3.99. The van der Waals surface area contributed by atoms with Gasteiger partial charge in [0.05, 0.1) is 61.5 Å². The first kappa shape index (κ1) is 34.9. The van der Waals surface area contributed by atoms with Crippen LogP contribution in [0.25, 0.3) is 5.69 Å². The number of Topliss-reactive ketones (excluding diaryl/α,β-unsaturated/α-hetero) is 1. The number of hydrogen-bond acceptors (Lipinski definition) is 8. The Balaban J connectivity index is 1.54. The number of aromatic nitrogens is 2. The van der Waals surface area contributed by atoms with E-state index in [0.29, 0.717) is 65.8 Å². The first-order chi connectivity index (χ1) is 21.5. The third-order valence-corrected chi connectivity index (χ3v) is 8.71. The molecule has 1 heterocycles. The predicted octanol–water partition coefficient (Wildman–Crippen LogP) is 4.31. The van der Waals surface area contributed by atoms with Gasteiger partial charge in [0.1, 0.15) is 12.6 Å². The molecule has 0 aliphatic heterocycles. The van der Waals surface area contributed by atoms with Gasteiger partial charge < -0.3 is 24.6 Å². The number of quaternary nitrogens is 1. The average molecular weight is 637 g/mol. The van der Waals surface area contributed by atoms with Crippen LogP contribution in [0.3, 0.4) is 0 Å². The van der Waals surface area contributed by atoms with E-state index in [-0.39, 0.29) is 35.7 Å². The zero-order valence-electron chi connectivity index (χ0n) is 28.4. The highest BCUT2D eigenvalue weighted by molar-refractivity contribution is 6.00. The van der Waals surface area contributed by atoms with E-state index < -0.39 is 18.0 Å². The number of nitrogens with zero attached hydrogens (tertiary/aromatic N) is 4. The molecule has 1 atom stereocenters. The average Bonchev–Trinajstić information content (AvgIpc) is 3.25. The molecule has 0 bridgehead atoms. The number of nitrogens with two attached hydrogens (primary N) is 1. The lowest BCUT2D eigenvalue weighted by atomic mass is 9.75. The van der Waals surface area contributed by atoms with Gasteiger partial charge in [0.15, 0.2) is 11.9 Å².